The fourth-order valence-electron chi connectivity index (χ4n) is 0.536. The summed E-state index contributed by atoms with van der Waals surface area (Å²) in [5.74, 6) is 0. The van der Waals surface area contributed by atoms with E-state index in [9.17, 15) is 0 Å². The van der Waals surface area contributed by atoms with Gasteiger partial charge in [-0.25, -0.2) is 0 Å². The van der Waals surface area contributed by atoms with Gasteiger partial charge < -0.3 is 15.7 Å². The molecule has 0 aliphatic carbocycles. The quantitative estimate of drug-likeness (QED) is 0.243. The van der Waals surface area contributed by atoms with Gasteiger partial charge in [-0.3, -0.25) is 10.9 Å². The number of thiocarbonyl (C=S) groups is 2. The Morgan fingerprint density at radius 1 is 1.21 bits per heavy atom. The molecule has 0 aliphatic heterocycles. The number of hydrogen-bond acceptors (Lipinski definition) is 3. The van der Waals surface area contributed by atoms with Crippen molar-refractivity contribution in [3.8, 4) is 0 Å². The van der Waals surface area contributed by atoms with Crippen molar-refractivity contribution in [2.45, 2.75) is 0 Å². The van der Waals surface area contributed by atoms with Crippen LogP contribution in [0, 0.1) is 0 Å². The van der Waals surface area contributed by atoms with Crippen molar-refractivity contribution in [2.75, 3.05) is 19.7 Å². The zero-order valence-electron chi connectivity index (χ0n) is 7.67. The highest BCUT2D eigenvalue weighted by molar-refractivity contribution is 7.80. The van der Waals surface area contributed by atoms with Gasteiger partial charge >= 0.3 is 0 Å². The van der Waals surface area contributed by atoms with E-state index in [4.69, 9.17) is 29.5 Å². The van der Waals surface area contributed by atoms with Crippen LogP contribution in [-0.4, -0.2) is 35.0 Å². The fraction of sp³-hybridized carbons (Fsp3) is 0.429. The number of hydrazine groups is 1. The summed E-state index contributed by atoms with van der Waals surface area (Å²) >= 11 is 9.73. The number of aliphatic hydroxyl groups excluding tert-OH is 1. The van der Waals surface area contributed by atoms with Gasteiger partial charge in [-0.15, -0.1) is 6.58 Å². The summed E-state index contributed by atoms with van der Waals surface area (Å²) in [5, 5.41) is 14.9. The van der Waals surface area contributed by atoms with E-state index in [0.29, 0.717) is 23.3 Å². The first-order valence-corrected chi connectivity index (χ1v) is 4.81. The minimum absolute atomic E-state index is 0.0288. The largest absolute Gasteiger partial charge is 0.395 e. The van der Waals surface area contributed by atoms with E-state index in [0.717, 1.165) is 0 Å². The molecular formula is C7H14N4OS2. The van der Waals surface area contributed by atoms with Crippen LogP contribution in [0.2, 0.25) is 0 Å². The monoisotopic (exact) mass is 234 g/mol. The standard InChI is InChI=1S/C7H14N4OS2/c1-2-3-8-6(13)10-11-7(14)9-4-5-12/h2,12H,1,3-5H2,(H2,8,10,13)(H2,9,11,14). The van der Waals surface area contributed by atoms with E-state index in [-0.39, 0.29) is 6.61 Å². The topological polar surface area (TPSA) is 68.3 Å². The summed E-state index contributed by atoms with van der Waals surface area (Å²) in [7, 11) is 0. The first-order valence-electron chi connectivity index (χ1n) is 4.00. The number of rotatable bonds is 4. The lowest BCUT2D eigenvalue weighted by molar-refractivity contribution is 0.300. The molecule has 0 spiro atoms. The highest BCUT2D eigenvalue weighted by atomic mass is 32.1. The lowest BCUT2D eigenvalue weighted by Gasteiger charge is -2.12. The molecule has 0 amide bonds. The van der Waals surface area contributed by atoms with Crippen molar-refractivity contribution < 1.29 is 5.11 Å². The van der Waals surface area contributed by atoms with E-state index in [1.807, 2.05) is 0 Å². The third-order valence-corrected chi connectivity index (χ3v) is 1.59. The van der Waals surface area contributed by atoms with Gasteiger partial charge in [-0.05, 0) is 24.4 Å². The predicted octanol–water partition coefficient (Wildman–Crippen LogP) is -0.992. The molecule has 5 N–H and O–H groups in total. The van der Waals surface area contributed by atoms with Gasteiger partial charge in [0.25, 0.3) is 0 Å². The van der Waals surface area contributed by atoms with Crippen molar-refractivity contribution in [2.24, 2.45) is 0 Å². The molecule has 0 radical (unpaired) electrons. The van der Waals surface area contributed by atoms with Gasteiger partial charge in [0.1, 0.15) is 0 Å². The van der Waals surface area contributed by atoms with E-state index < -0.39 is 0 Å². The minimum atomic E-state index is 0.0288. The van der Waals surface area contributed by atoms with Gasteiger partial charge in [-0.2, -0.15) is 0 Å². The summed E-state index contributed by atoms with van der Waals surface area (Å²) in [5.41, 5.74) is 5.31. The molecule has 7 heteroatoms. The van der Waals surface area contributed by atoms with Crippen LogP contribution >= 0.6 is 24.4 Å². The van der Waals surface area contributed by atoms with Crippen LogP contribution in [0.1, 0.15) is 0 Å². The van der Waals surface area contributed by atoms with Crippen molar-refractivity contribution in [1.82, 2.24) is 21.5 Å². The normalized spacial score (nSPS) is 8.64. The molecule has 0 aromatic rings. The van der Waals surface area contributed by atoms with Crippen molar-refractivity contribution >= 4 is 34.7 Å². The molecule has 0 aliphatic rings. The molecule has 0 aromatic heterocycles. The Morgan fingerprint density at radius 2 is 1.79 bits per heavy atom. The molecule has 0 rings (SSSR count). The van der Waals surface area contributed by atoms with Crippen LogP contribution in [-0.2, 0) is 0 Å². The molecule has 0 aromatic carbocycles. The number of aliphatic hydroxyl groups is 1. The summed E-state index contributed by atoms with van der Waals surface area (Å²) in [6.07, 6.45) is 1.69. The SMILES string of the molecule is C=CCNC(=S)NNC(=S)NCCO. The summed E-state index contributed by atoms with van der Waals surface area (Å²) < 4.78 is 0. The summed E-state index contributed by atoms with van der Waals surface area (Å²) in [6, 6.07) is 0. The van der Waals surface area contributed by atoms with Crippen molar-refractivity contribution in [3.63, 3.8) is 0 Å². The van der Waals surface area contributed by atoms with Crippen molar-refractivity contribution in [3.05, 3.63) is 12.7 Å². The van der Waals surface area contributed by atoms with Gasteiger partial charge in [0, 0.05) is 13.1 Å². The van der Waals surface area contributed by atoms with E-state index in [1.54, 1.807) is 6.08 Å². The van der Waals surface area contributed by atoms with Crippen molar-refractivity contribution in [1.29, 1.82) is 0 Å². The Morgan fingerprint density at radius 3 is 2.29 bits per heavy atom. The lowest BCUT2D eigenvalue weighted by Crippen LogP contribution is -2.50. The first kappa shape index (κ1) is 13.1. The highest BCUT2D eigenvalue weighted by Gasteiger charge is 1.94. The number of hydrogen-bond donors (Lipinski definition) is 5. The molecule has 80 valence electrons. The van der Waals surface area contributed by atoms with Gasteiger partial charge in [-0.1, -0.05) is 6.08 Å². The van der Waals surface area contributed by atoms with Gasteiger partial charge in [0.05, 0.1) is 6.61 Å². The van der Waals surface area contributed by atoms with Crippen LogP contribution in [0.4, 0.5) is 0 Å². The Bertz CT molecular complexity index is 210. The Labute approximate surface area is 93.9 Å². The van der Waals surface area contributed by atoms with Crippen LogP contribution < -0.4 is 21.5 Å². The summed E-state index contributed by atoms with van der Waals surface area (Å²) in [6.45, 7) is 4.55. The third-order valence-electron chi connectivity index (χ3n) is 1.09. The van der Waals surface area contributed by atoms with Gasteiger partial charge in [0.2, 0.25) is 0 Å². The Kier molecular flexibility index (Phi) is 8.10. The maximum Gasteiger partial charge on any atom is 0.185 e. The second-order valence-corrected chi connectivity index (χ2v) is 3.04. The van der Waals surface area contributed by atoms with Gasteiger partial charge in [0.15, 0.2) is 10.2 Å². The molecule has 0 bridgehead atoms. The molecule has 5 nitrogen and oxygen atoms in total. The van der Waals surface area contributed by atoms with E-state index in [2.05, 4.69) is 28.1 Å². The van der Waals surface area contributed by atoms with E-state index >= 15 is 0 Å². The Balaban J connectivity index is 3.45. The average Bonchev–Trinajstić information content (AvgIpc) is 2.20. The van der Waals surface area contributed by atoms with Crippen LogP contribution in [0.5, 0.6) is 0 Å². The predicted molar refractivity (Wildman–Crippen MR) is 64.8 cm³/mol. The molecule has 0 saturated carbocycles. The smallest absolute Gasteiger partial charge is 0.185 e. The summed E-state index contributed by atoms with van der Waals surface area (Å²) in [4.78, 5) is 0. The molecule has 14 heavy (non-hydrogen) atoms. The third kappa shape index (κ3) is 7.71. The van der Waals surface area contributed by atoms with Crippen LogP contribution in [0.3, 0.4) is 0 Å². The zero-order chi connectivity index (χ0) is 10.8. The lowest BCUT2D eigenvalue weighted by atomic mass is 10.6. The second kappa shape index (κ2) is 8.67. The minimum Gasteiger partial charge on any atom is -0.395 e. The highest BCUT2D eigenvalue weighted by Crippen LogP contribution is 1.67. The maximum atomic E-state index is 8.49. The molecule has 0 unspecified atom stereocenters. The molecular weight excluding hydrogens is 220 g/mol. The Hall–Kier alpha value is -0.920. The first-order chi connectivity index (χ1) is 6.70. The fourth-order valence-corrected chi connectivity index (χ4v) is 0.824. The van der Waals surface area contributed by atoms with E-state index in [1.165, 1.54) is 0 Å². The van der Waals surface area contributed by atoms with Crippen LogP contribution in [0.15, 0.2) is 12.7 Å². The number of nitrogens with one attached hydrogen (secondary N) is 4. The second-order valence-electron chi connectivity index (χ2n) is 2.23. The molecule has 0 fully saturated rings. The zero-order valence-corrected chi connectivity index (χ0v) is 9.30. The maximum absolute atomic E-state index is 8.49. The molecule has 0 heterocycles. The molecule has 0 atom stereocenters. The molecule has 0 saturated heterocycles. The average molecular weight is 234 g/mol. The van der Waals surface area contributed by atoms with Crippen LogP contribution in [0.25, 0.3) is 0 Å².